The molecule has 1 aliphatic heterocycles. The molecule has 14 heavy (non-hydrogen) atoms. The van der Waals surface area contributed by atoms with E-state index in [0.717, 1.165) is 12.8 Å². The van der Waals surface area contributed by atoms with Crippen molar-refractivity contribution in [1.29, 1.82) is 0 Å². The molecule has 1 heterocycles. The van der Waals surface area contributed by atoms with Gasteiger partial charge in [-0.05, 0) is 12.8 Å². The van der Waals surface area contributed by atoms with E-state index in [1.807, 2.05) is 0 Å². The van der Waals surface area contributed by atoms with E-state index in [0.29, 0.717) is 19.3 Å². The number of carbonyl (C=O) groups is 1. The second kappa shape index (κ2) is 4.14. The predicted octanol–water partition coefficient (Wildman–Crippen LogP) is -0.138. The normalized spacial score (nSPS) is 31.5. The van der Waals surface area contributed by atoms with Gasteiger partial charge in [0.15, 0.2) is 0 Å². The summed E-state index contributed by atoms with van der Waals surface area (Å²) in [6, 6.07) is 0.266. The number of hydrogen-bond donors (Lipinski definition) is 2. The van der Waals surface area contributed by atoms with Gasteiger partial charge in [0.05, 0.1) is 19.3 Å². The van der Waals surface area contributed by atoms with Crippen LogP contribution in [0, 0.1) is 0 Å². The maximum Gasteiger partial charge on any atom is 0.315 e. The van der Waals surface area contributed by atoms with Crippen molar-refractivity contribution in [2.45, 2.75) is 31.0 Å². The lowest BCUT2D eigenvalue weighted by Gasteiger charge is -2.17. The zero-order valence-electron chi connectivity index (χ0n) is 8.29. The molecule has 80 valence electrons. The molecule has 2 aliphatic rings. The summed E-state index contributed by atoms with van der Waals surface area (Å²) in [5, 5.41) is 5.72. The molecular weight excluding hydrogens is 184 g/mol. The Morgan fingerprint density at radius 1 is 1.36 bits per heavy atom. The summed E-state index contributed by atoms with van der Waals surface area (Å²) in [6.07, 6.45) is 2.19. The first-order valence-electron chi connectivity index (χ1n) is 4.97. The van der Waals surface area contributed by atoms with Crippen LogP contribution in [0.4, 0.5) is 4.79 Å². The SMILES string of the molecule is CO[C@@H]1COC[C@@H]1NC(=O)NC1CC1. The van der Waals surface area contributed by atoms with Crippen molar-refractivity contribution in [2.75, 3.05) is 20.3 Å². The van der Waals surface area contributed by atoms with Crippen LogP contribution in [-0.4, -0.2) is 44.5 Å². The first-order valence-corrected chi connectivity index (χ1v) is 4.97. The summed E-state index contributed by atoms with van der Waals surface area (Å²) in [5.41, 5.74) is 0. The molecule has 2 atom stereocenters. The third-order valence-corrected chi connectivity index (χ3v) is 2.56. The Kier molecular flexibility index (Phi) is 2.88. The second-order valence-electron chi connectivity index (χ2n) is 3.81. The minimum atomic E-state index is -0.106. The van der Waals surface area contributed by atoms with E-state index in [4.69, 9.17) is 9.47 Å². The van der Waals surface area contributed by atoms with Crippen LogP contribution < -0.4 is 10.6 Å². The van der Waals surface area contributed by atoms with Gasteiger partial charge in [-0.15, -0.1) is 0 Å². The van der Waals surface area contributed by atoms with Crippen LogP contribution in [0.2, 0.25) is 0 Å². The Morgan fingerprint density at radius 2 is 2.14 bits per heavy atom. The van der Waals surface area contributed by atoms with Gasteiger partial charge in [-0.1, -0.05) is 0 Å². The standard InChI is InChI=1S/C9H16N2O3/c1-13-8-5-14-4-7(8)11-9(12)10-6-2-3-6/h6-8H,2-5H2,1H3,(H2,10,11,12)/t7-,8+/m0/s1. The van der Waals surface area contributed by atoms with Crippen LogP contribution in [0.1, 0.15) is 12.8 Å². The molecule has 0 unspecified atom stereocenters. The van der Waals surface area contributed by atoms with Crippen molar-refractivity contribution in [2.24, 2.45) is 0 Å². The van der Waals surface area contributed by atoms with E-state index in [1.54, 1.807) is 7.11 Å². The highest BCUT2D eigenvalue weighted by atomic mass is 16.5. The summed E-state index contributed by atoms with van der Waals surface area (Å²) >= 11 is 0. The molecule has 0 spiro atoms. The second-order valence-corrected chi connectivity index (χ2v) is 3.81. The van der Waals surface area contributed by atoms with Gasteiger partial charge in [0.25, 0.3) is 0 Å². The zero-order valence-corrected chi connectivity index (χ0v) is 8.29. The van der Waals surface area contributed by atoms with E-state index >= 15 is 0 Å². The minimum Gasteiger partial charge on any atom is -0.377 e. The highest BCUT2D eigenvalue weighted by molar-refractivity contribution is 5.75. The molecular formula is C9H16N2O3. The number of rotatable bonds is 3. The summed E-state index contributed by atoms with van der Waals surface area (Å²) in [5.74, 6) is 0. The number of urea groups is 1. The van der Waals surface area contributed by atoms with Crippen LogP contribution in [0.25, 0.3) is 0 Å². The summed E-state index contributed by atoms with van der Waals surface area (Å²) in [6.45, 7) is 1.10. The fourth-order valence-corrected chi connectivity index (χ4v) is 1.52. The van der Waals surface area contributed by atoms with Gasteiger partial charge in [0, 0.05) is 13.2 Å². The predicted molar refractivity (Wildman–Crippen MR) is 50.1 cm³/mol. The molecule has 1 aliphatic carbocycles. The fraction of sp³-hybridized carbons (Fsp3) is 0.889. The van der Waals surface area contributed by atoms with Gasteiger partial charge in [-0.25, -0.2) is 4.79 Å². The van der Waals surface area contributed by atoms with E-state index in [2.05, 4.69) is 10.6 Å². The zero-order chi connectivity index (χ0) is 9.97. The van der Waals surface area contributed by atoms with Gasteiger partial charge in [0.1, 0.15) is 6.10 Å². The van der Waals surface area contributed by atoms with Gasteiger partial charge in [-0.3, -0.25) is 0 Å². The molecule has 2 fully saturated rings. The average Bonchev–Trinajstić information content (AvgIpc) is 2.84. The van der Waals surface area contributed by atoms with Gasteiger partial charge in [-0.2, -0.15) is 0 Å². The van der Waals surface area contributed by atoms with E-state index in [9.17, 15) is 4.79 Å². The maximum atomic E-state index is 11.4. The summed E-state index contributed by atoms with van der Waals surface area (Å²) in [7, 11) is 1.63. The minimum absolute atomic E-state index is 0.0139. The molecule has 0 bridgehead atoms. The number of nitrogens with one attached hydrogen (secondary N) is 2. The van der Waals surface area contributed by atoms with Crippen molar-refractivity contribution in [1.82, 2.24) is 10.6 Å². The molecule has 2 amide bonds. The third-order valence-electron chi connectivity index (χ3n) is 2.56. The van der Waals surface area contributed by atoms with Crippen molar-refractivity contribution in [3.8, 4) is 0 Å². The first-order chi connectivity index (χ1) is 6.79. The lowest BCUT2D eigenvalue weighted by Crippen LogP contribution is -2.48. The highest BCUT2D eigenvalue weighted by Gasteiger charge is 2.31. The van der Waals surface area contributed by atoms with Crippen LogP contribution in [0.15, 0.2) is 0 Å². The lowest BCUT2D eigenvalue weighted by molar-refractivity contribution is 0.0745. The number of ether oxygens (including phenoxy) is 2. The summed E-state index contributed by atoms with van der Waals surface area (Å²) < 4.78 is 10.4. The average molecular weight is 200 g/mol. The molecule has 5 nitrogen and oxygen atoms in total. The monoisotopic (exact) mass is 200 g/mol. The Balaban J connectivity index is 1.74. The molecule has 2 N–H and O–H groups in total. The van der Waals surface area contributed by atoms with Gasteiger partial charge < -0.3 is 20.1 Å². The molecule has 2 rings (SSSR count). The van der Waals surface area contributed by atoms with Crippen molar-refractivity contribution in [3.63, 3.8) is 0 Å². The lowest BCUT2D eigenvalue weighted by atomic mass is 10.2. The van der Waals surface area contributed by atoms with E-state index in [1.165, 1.54) is 0 Å². The third kappa shape index (κ3) is 2.36. The van der Waals surface area contributed by atoms with Crippen LogP contribution >= 0.6 is 0 Å². The van der Waals surface area contributed by atoms with Crippen molar-refractivity contribution in [3.05, 3.63) is 0 Å². The fourth-order valence-electron chi connectivity index (χ4n) is 1.52. The first kappa shape index (κ1) is 9.73. The quantitative estimate of drug-likeness (QED) is 0.666. The number of carbonyl (C=O) groups excluding carboxylic acids is 1. The van der Waals surface area contributed by atoms with Crippen LogP contribution in [-0.2, 0) is 9.47 Å². The Bertz CT molecular complexity index is 218. The molecule has 1 saturated heterocycles. The van der Waals surface area contributed by atoms with Crippen molar-refractivity contribution >= 4 is 6.03 Å². The van der Waals surface area contributed by atoms with Gasteiger partial charge in [0.2, 0.25) is 0 Å². The Morgan fingerprint density at radius 3 is 2.79 bits per heavy atom. The largest absolute Gasteiger partial charge is 0.377 e. The molecule has 0 radical (unpaired) electrons. The van der Waals surface area contributed by atoms with E-state index < -0.39 is 0 Å². The molecule has 0 aromatic heterocycles. The molecule has 5 heteroatoms. The van der Waals surface area contributed by atoms with Crippen molar-refractivity contribution < 1.29 is 14.3 Å². The number of hydrogen-bond acceptors (Lipinski definition) is 3. The van der Waals surface area contributed by atoms with E-state index in [-0.39, 0.29) is 18.2 Å². The Hall–Kier alpha value is -0.810. The highest BCUT2D eigenvalue weighted by Crippen LogP contribution is 2.18. The number of amides is 2. The smallest absolute Gasteiger partial charge is 0.315 e. The molecule has 1 saturated carbocycles. The van der Waals surface area contributed by atoms with Crippen LogP contribution in [0.3, 0.4) is 0 Å². The molecule has 0 aromatic rings. The topological polar surface area (TPSA) is 59.6 Å². The summed E-state index contributed by atoms with van der Waals surface area (Å²) in [4.78, 5) is 11.4. The Labute approximate surface area is 83.1 Å². The van der Waals surface area contributed by atoms with Crippen LogP contribution in [0.5, 0.6) is 0 Å². The number of methoxy groups -OCH3 is 1. The maximum absolute atomic E-state index is 11.4. The molecule has 0 aromatic carbocycles. The van der Waals surface area contributed by atoms with Gasteiger partial charge >= 0.3 is 6.03 Å².